The van der Waals surface area contributed by atoms with Crippen LogP contribution in [0.4, 0.5) is 0 Å². The number of hydrazone groups is 1. The highest BCUT2D eigenvalue weighted by Crippen LogP contribution is 2.22. The smallest absolute Gasteiger partial charge is 0.0949 e. The lowest BCUT2D eigenvalue weighted by atomic mass is 10.1. The van der Waals surface area contributed by atoms with E-state index in [4.69, 9.17) is 0 Å². The first-order valence-electron chi connectivity index (χ1n) is 4.59. The van der Waals surface area contributed by atoms with Gasteiger partial charge < -0.3 is 0 Å². The molecule has 12 heavy (non-hydrogen) atoms. The maximum Gasteiger partial charge on any atom is 0.0949 e. The van der Waals surface area contributed by atoms with E-state index >= 15 is 0 Å². The molecule has 0 radical (unpaired) electrons. The molecule has 0 saturated heterocycles. The Morgan fingerprint density at radius 1 is 1.42 bits per heavy atom. The zero-order valence-electron chi connectivity index (χ0n) is 7.64. The van der Waals surface area contributed by atoms with Gasteiger partial charge in [0.1, 0.15) is 0 Å². The number of hydrazine groups is 1. The molecule has 1 fully saturated rings. The zero-order valence-corrected chi connectivity index (χ0v) is 7.64. The Balaban J connectivity index is 1.97. The monoisotopic (exact) mass is 170 g/mol. The average molecular weight is 170 g/mol. The molecule has 3 N–H and O–H groups in total. The van der Waals surface area contributed by atoms with Crippen molar-refractivity contribution < 1.29 is 0 Å². The van der Waals surface area contributed by atoms with E-state index in [1.54, 1.807) is 0 Å². The summed E-state index contributed by atoms with van der Waals surface area (Å²) in [5, 5.41) is 4.11. The van der Waals surface area contributed by atoms with E-state index in [9.17, 15) is 0 Å². The fraction of sp³-hybridized carbons (Fsp3) is 0.875. The second kappa shape index (κ2) is 5.97. The third-order valence-electron chi connectivity index (χ3n) is 2.12. The molecule has 1 saturated carbocycles. The molecule has 1 rings (SSSR count). The standard InChI is InChI=1S/C8H18N4/c1-9-11-7-12-10-6-8-4-2-3-5-8/h6,8-9,11-12H,2-5,7H2,1H3/b10-6-. The van der Waals surface area contributed by atoms with E-state index in [-0.39, 0.29) is 0 Å². The Bertz CT molecular complexity index is 129. The van der Waals surface area contributed by atoms with Crippen molar-refractivity contribution in [1.82, 2.24) is 16.3 Å². The zero-order chi connectivity index (χ0) is 8.65. The third-order valence-corrected chi connectivity index (χ3v) is 2.12. The summed E-state index contributed by atoms with van der Waals surface area (Å²) in [4.78, 5) is 0. The van der Waals surface area contributed by atoms with Gasteiger partial charge in [-0.25, -0.2) is 5.43 Å². The number of hydrogen-bond donors (Lipinski definition) is 3. The van der Waals surface area contributed by atoms with Gasteiger partial charge in [-0.3, -0.25) is 10.9 Å². The summed E-state index contributed by atoms with van der Waals surface area (Å²) in [6.45, 7) is 0.666. The average Bonchev–Trinajstić information content (AvgIpc) is 2.57. The Morgan fingerprint density at radius 2 is 2.17 bits per heavy atom. The van der Waals surface area contributed by atoms with Gasteiger partial charge in [0.2, 0.25) is 0 Å². The van der Waals surface area contributed by atoms with Crippen molar-refractivity contribution in [2.75, 3.05) is 13.7 Å². The molecule has 4 nitrogen and oxygen atoms in total. The number of nitrogens with zero attached hydrogens (tertiary/aromatic N) is 1. The van der Waals surface area contributed by atoms with Crippen molar-refractivity contribution in [2.24, 2.45) is 11.0 Å². The Kier molecular flexibility index (Phi) is 4.71. The first-order chi connectivity index (χ1) is 5.93. The van der Waals surface area contributed by atoms with Gasteiger partial charge in [0, 0.05) is 6.21 Å². The Morgan fingerprint density at radius 3 is 2.83 bits per heavy atom. The van der Waals surface area contributed by atoms with E-state index in [1.165, 1.54) is 25.7 Å². The van der Waals surface area contributed by atoms with Gasteiger partial charge in [0.05, 0.1) is 6.67 Å². The minimum absolute atomic E-state index is 0.666. The van der Waals surface area contributed by atoms with Crippen LogP contribution in [0.25, 0.3) is 0 Å². The summed E-state index contributed by atoms with van der Waals surface area (Å²) in [5.74, 6) is 0.715. The maximum absolute atomic E-state index is 4.11. The van der Waals surface area contributed by atoms with Crippen molar-refractivity contribution in [3.05, 3.63) is 0 Å². The molecule has 0 bridgehead atoms. The summed E-state index contributed by atoms with van der Waals surface area (Å²) in [6.07, 6.45) is 7.39. The lowest BCUT2D eigenvalue weighted by Crippen LogP contribution is -2.34. The lowest BCUT2D eigenvalue weighted by molar-refractivity contribution is 0.539. The highest BCUT2D eigenvalue weighted by atomic mass is 15.4. The van der Waals surface area contributed by atoms with Crippen LogP contribution in [0.3, 0.4) is 0 Å². The molecule has 0 aromatic rings. The van der Waals surface area contributed by atoms with E-state index in [1.807, 2.05) is 13.3 Å². The minimum Gasteiger partial charge on any atom is -0.295 e. The van der Waals surface area contributed by atoms with Crippen LogP contribution >= 0.6 is 0 Å². The van der Waals surface area contributed by atoms with Crippen molar-refractivity contribution >= 4 is 6.21 Å². The van der Waals surface area contributed by atoms with Gasteiger partial charge in [-0.05, 0) is 25.8 Å². The molecule has 0 unspecified atom stereocenters. The molecule has 0 atom stereocenters. The van der Waals surface area contributed by atoms with E-state index in [0.29, 0.717) is 12.6 Å². The number of hydrogen-bond acceptors (Lipinski definition) is 4. The molecule has 0 spiro atoms. The topological polar surface area (TPSA) is 48.4 Å². The van der Waals surface area contributed by atoms with Crippen LogP contribution in [0.5, 0.6) is 0 Å². The molecule has 4 heteroatoms. The summed E-state index contributed by atoms with van der Waals surface area (Å²) in [7, 11) is 1.84. The minimum atomic E-state index is 0.666. The maximum atomic E-state index is 4.11. The fourth-order valence-electron chi connectivity index (χ4n) is 1.44. The van der Waals surface area contributed by atoms with Crippen LogP contribution in [-0.2, 0) is 0 Å². The van der Waals surface area contributed by atoms with Crippen molar-refractivity contribution in [3.8, 4) is 0 Å². The summed E-state index contributed by atoms with van der Waals surface area (Å²) in [5.41, 5.74) is 8.62. The first-order valence-corrected chi connectivity index (χ1v) is 4.59. The second-order valence-electron chi connectivity index (χ2n) is 3.08. The van der Waals surface area contributed by atoms with Crippen molar-refractivity contribution in [1.29, 1.82) is 0 Å². The molecule has 0 aliphatic heterocycles. The van der Waals surface area contributed by atoms with Crippen LogP contribution in [0.15, 0.2) is 5.10 Å². The number of nitrogens with one attached hydrogen (secondary N) is 3. The largest absolute Gasteiger partial charge is 0.295 e. The molecular formula is C8H18N4. The first kappa shape index (κ1) is 9.48. The third kappa shape index (κ3) is 3.69. The summed E-state index contributed by atoms with van der Waals surface area (Å²) < 4.78 is 0. The highest BCUT2D eigenvalue weighted by Gasteiger charge is 2.11. The molecule has 0 aromatic heterocycles. The van der Waals surface area contributed by atoms with Crippen LogP contribution < -0.4 is 16.3 Å². The van der Waals surface area contributed by atoms with Gasteiger partial charge in [0.15, 0.2) is 0 Å². The fourth-order valence-corrected chi connectivity index (χ4v) is 1.44. The van der Waals surface area contributed by atoms with Crippen molar-refractivity contribution in [3.63, 3.8) is 0 Å². The van der Waals surface area contributed by atoms with Crippen LogP contribution in [-0.4, -0.2) is 19.9 Å². The van der Waals surface area contributed by atoms with Crippen molar-refractivity contribution in [2.45, 2.75) is 25.7 Å². The predicted molar refractivity (Wildman–Crippen MR) is 50.6 cm³/mol. The van der Waals surface area contributed by atoms with E-state index in [2.05, 4.69) is 21.4 Å². The summed E-state index contributed by atoms with van der Waals surface area (Å²) >= 11 is 0. The molecule has 1 aliphatic rings. The van der Waals surface area contributed by atoms with Crippen LogP contribution in [0.2, 0.25) is 0 Å². The van der Waals surface area contributed by atoms with E-state index < -0.39 is 0 Å². The van der Waals surface area contributed by atoms with Gasteiger partial charge in [-0.2, -0.15) is 5.10 Å². The molecule has 0 aromatic carbocycles. The second-order valence-corrected chi connectivity index (χ2v) is 3.08. The molecule has 70 valence electrons. The van der Waals surface area contributed by atoms with Crippen LogP contribution in [0, 0.1) is 5.92 Å². The molecule has 1 aliphatic carbocycles. The highest BCUT2D eigenvalue weighted by molar-refractivity contribution is 5.60. The SMILES string of the molecule is CNNCN/N=C\C1CCCC1. The van der Waals surface area contributed by atoms with Gasteiger partial charge >= 0.3 is 0 Å². The quantitative estimate of drug-likeness (QED) is 0.243. The lowest BCUT2D eigenvalue weighted by Gasteiger charge is -2.02. The molecular weight excluding hydrogens is 152 g/mol. The number of rotatable bonds is 5. The summed E-state index contributed by atoms with van der Waals surface area (Å²) in [6, 6.07) is 0. The van der Waals surface area contributed by atoms with Gasteiger partial charge in [-0.15, -0.1) is 0 Å². The Hall–Kier alpha value is -0.610. The molecule has 0 heterocycles. The van der Waals surface area contributed by atoms with Crippen LogP contribution in [0.1, 0.15) is 25.7 Å². The van der Waals surface area contributed by atoms with Gasteiger partial charge in [-0.1, -0.05) is 12.8 Å². The molecule has 0 amide bonds. The predicted octanol–water partition coefficient (Wildman–Crippen LogP) is 0.433. The van der Waals surface area contributed by atoms with E-state index in [0.717, 1.165) is 0 Å². The Labute approximate surface area is 73.8 Å². The normalized spacial score (nSPS) is 19.1. The van der Waals surface area contributed by atoms with Gasteiger partial charge in [0.25, 0.3) is 0 Å².